The minimum atomic E-state index is -0.314. The lowest BCUT2D eigenvalue weighted by atomic mass is 9.89. The molecule has 3 amide bonds. The van der Waals surface area contributed by atoms with Crippen molar-refractivity contribution in [1.82, 2.24) is 33.6 Å². The predicted molar refractivity (Wildman–Crippen MR) is 288 cm³/mol. The van der Waals surface area contributed by atoms with Crippen LogP contribution in [-0.2, 0) is 51.2 Å². The molecule has 0 unspecified atom stereocenters. The lowest BCUT2D eigenvalue weighted by Gasteiger charge is -2.41. The molecule has 1 N–H and O–H groups in total. The Bertz CT molecular complexity index is 3080. The molecule has 14 nitrogen and oxygen atoms in total. The first-order valence-electron chi connectivity index (χ1n) is 26.4. The molecule has 2 saturated heterocycles. The molecule has 384 valence electrons. The van der Waals surface area contributed by atoms with Crippen LogP contribution in [0.15, 0.2) is 97.1 Å². The van der Waals surface area contributed by atoms with Gasteiger partial charge in [0.1, 0.15) is 29.9 Å². The summed E-state index contributed by atoms with van der Waals surface area (Å²) < 4.78 is 9.86. The number of amides is 3. The number of ether oxygens (including phenoxy) is 1. The third kappa shape index (κ3) is 10.5. The fraction of sp³-hybridized carbons (Fsp3) is 0.400. The molecule has 6 aromatic rings. The van der Waals surface area contributed by atoms with Crippen LogP contribution >= 0.6 is 0 Å². The molecule has 6 heterocycles. The second-order valence-corrected chi connectivity index (χ2v) is 20.9. The highest BCUT2D eigenvalue weighted by atomic mass is 16.5. The van der Waals surface area contributed by atoms with Gasteiger partial charge in [-0.3, -0.25) is 24.2 Å². The van der Waals surface area contributed by atoms with Gasteiger partial charge >= 0.3 is 0 Å². The van der Waals surface area contributed by atoms with Crippen molar-refractivity contribution < 1.29 is 24.2 Å². The second kappa shape index (κ2) is 21.7. The molecule has 1 atom stereocenters. The standard InChI is InChI=1S/C60H69N9O5/c1-41-53(60(73)69(48-15-17-51(70)18-16-48)56-35-49(37-61)63(4)42(56)2)36-57(64(41)5)54-33-45-21-24-67(58(71)31-43-13-19-52(20-14-43)74-30-29-65-27-25-62(3)26-28-65)38-47(45)34-55(54)59(72)68-39-46-12-8-7-11-44(46)32-50(68)40-66-22-9-6-10-23-66/h7-8,11-20,33-36,50,70H,6,9-10,21-32,38-40H2,1-5H3/t50-/m0/s1. The molecule has 4 aliphatic rings. The van der Waals surface area contributed by atoms with E-state index < -0.39 is 0 Å². The van der Waals surface area contributed by atoms with Crippen LogP contribution in [0.1, 0.15) is 84.9 Å². The van der Waals surface area contributed by atoms with E-state index >= 15 is 9.59 Å². The quantitative estimate of drug-likeness (QED) is 0.122. The van der Waals surface area contributed by atoms with Crippen molar-refractivity contribution in [3.05, 3.63) is 153 Å². The Hall–Kier alpha value is -7.18. The summed E-state index contributed by atoms with van der Waals surface area (Å²) in [6, 6.07) is 32.8. The van der Waals surface area contributed by atoms with Crippen molar-refractivity contribution >= 4 is 29.1 Å². The Morgan fingerprint density at radius 2 is 1.46 bits per heavy atom. The number of likely N-dealkylation sites (tertiary alicyclic amines) is 1. The van der Waals surface area contributed by atoms with Gasteiger partial charge in [0.15, 0.2) is 0 Å². The van der Waals surface area contributed by atoms with E-state index in [-0.39, 0.29) is 35.9 Å². The number of anilines is 2. The minimum Gasteiger partial charge on any atom is -0.508 e. The van der Waals surface area contributed by atoms with E-state index in [1.165, 1.54) is 12.0 Å². The lowest BCUT2D eigenvalue weighted by Crippen LogP contribution is -2.51. The first-order chi connectivity index (χ1) is 35.8. The average molecular weight is 996 g/mol. The van der Waals surface area contributed by atoms with Crippen molar-refractivity contribution in [2.24, 2.45) is 14.1 Å². The number of carbonyl (C=O) groups is 3. The van der Waals surface area contributed by atoms with E-state index in [1.807, 2.05) is 72.8 Å². The lowest BCUT2D eigenvalue weighted by molar-refractivity contribution is -0.131. The molecule has 0 radical (unpaired) electrons. The van der Waals surface area contributed by atoms with E-state index in [0.717, 1.165) is 117 Å². The molecule has 2 aromatic heterocycles. The molecule has 74 heavy (non-hydrogen) atoms. The van der Waals surface area contributed by atoms with Gasteiger partial charge in [0.25, 0.3) is 11.8 Å². The number of benzene rings is 4. The van der Waals surface area contributed by atoms with Crippen LogP contribution < -0.4 is 9.64 Å². The number of hydrogen-bond acceptors (Lipinski definition) is 9. The number of aromatic hydroxyl groups is 1. The normalized spacial score (nSPS) is 17.4. The summed E-state index contributed by atoms with van der Waals surface area (Å²) in [4.78, 5) is 58.1. The Balaban J connectivity index is 0.976. The summed E-state index contributed by atoms with van der Waals surface area (Å²) >= 11 is 0. The first-order valence-corrected chi connectivity index (χ1v) is 26.4. The number of hydrogen-bond donors (Lipinski definition) is 1. The number of nitriles is 1. The summed E-state index contributed by atoms with van der Waals surface area (Å²) in [5.74, 6) is 0.504. The third-order valence-electron chi connectivity index (χ3n) is 16.2. The number of piperidine rings is 1. The number of piperazine rings is 1. The zero-order valence-corrected chi connectivity index (χ0v) is 43.6. The zero-order chi connectivity index (χ0) is 51.6. The van der Waals surface area contributed by atoms with Crippen LogP contribution in [0.3, 0.4) is 0 Å². The molecular weight excluding hydrogens is 927 g/mol. The SMILES string of the molecule is Cc1c(N(C(=O)c2cc(-c3cc4c(cc3C(=O)N3Cc5ccccc5C[C@H]3CN3CCCCC3)CN(C(=O)Cc3ccc(OCCN5CCN(C)CC5)cc3)CC4)n(C)c2C)c2ccc(O)cc2)cc(C#N)n1C. The molecule has 14 heteroatoms. The van der Waals surface area contributed by atoms with Crippen molar-refractivity contribution in [3.8, 4) is 28.8 Å². The van der Waals surface area contributed by atoms with Gasteiger partial charge in [-0.1, -0.05) is 42.8 Å². The van der Waals surface area contributed by atoms with Gasteiger partial charge in [-0.15, -0.1) is 0 Å². The van der Waals surface area contributed by atoms with Gasteiger partial charge in [-0.25, -0.2) is 0 Å². The van der Waals surface area contributed by atoms with Gasteiger partial charge in [0.2, 0.25) is 5.91 Å². The van der Waals surface area contributed by atoms with E-state index in [2.05, 4.69) is 57.0 Å². The highest BCUT2D eigenvalue weighted by Gasteiger charge is 2.36. The number of aromatic nitrogens is 2. The molecule has 10 rings (SSSR count). The minimum absolute atomic E-state index is 0.0283. The second-order valence-electron chi connectivity index (χ2n) is 20.9. The van der Waals surface area contributed by atoms with Crippen LogP contribution in [0.25, 0.3) is 11.3 Å². The molecule has 0 aliphatic carbocycles. The number of nitrogens with zero attached hydrogens (tertiary/aromatic N) is 9. The van der Waals surface area contributed by atoms with Gasteiger partial charge in [0, 0.05) is 113 Å². The molecule has 0 bridgehead atoms. The van der Waals surface area contributed by atoms with Gasteiger partial charge < -0.3 is 38.6 Å². The molecule has 4 aliphatic heterocycles. The Kier molecular flexibility index (Phi) is 14.8. The average Bonchev–Trinajstić information content (AvgIpc) is 3.88. The van der Waals surface area contributed by atoms with E-state index in [0.29, 0.717) is 66.6 Å². The van der Waals surface area contributed by atoms with Gasteiger partial charge in [-0.05, 0) is 148 Å². The molecule has 4 aromatic carbocycles. The molecule has 2 fully saturated rings. The van der Waals surface area contributed by atoms with Crippen molar-refractivity contribution in [2.75, 3.05) is 77.5 Å². The van der Waals surface area contributed by atoms with E-state index in [9.17, 15) is 15.2 Å². The van der Waals surface area contributed by atoms with Crippen molar-refractivity contribution in [2.45, 2.75) is 71.5 Å². The number of phenolic OH excluding ortho intramolecular Hbond substituents is 1. The highest BCUT2D eigenvalue weighted by molar-refractivity contribution is 6.13. The fourth-order valence-electron chi connectivity index (χ4n) is 11.4. The van der Waals surface area contributed by atoms with Crippen LogP contribution in [0.2, 0.25) is 0 Å². The van der Waals surface area contributed by atoms with Crippen molar-refractivity contribution in [1.29, 1.82) is 5.26 Å². The highest BCUT2D eigenvalue weighted by Crippen LogP contribution is 2.39. The largest absolute Gasteiger partial charge is 0.508 e. The van der Waals surface area contributed by atoms with Crippen molar-refractivity contribution in [3.63, 3.8) is 0 Å². The molecular formula is C60H69N9O5. The van der Waals surface area contributed by atoms with Crippen LogP contribution in [0, 0.1) is 25.2 Å². The fourth-order valence-corrected chi connectivity index (χ4v) is 11.4. The monoisotopic (exact) mass is 996 g/mol. The first kappa shape index (κ1) is 50.4. The van der Waals surface area contributed by atoms with E-state index in [1.54, 1.807) is 46.8 Å². The maximum absolute atomic E-state index is 15.8. The van der Waals surface area contributed by atoms with Gasteiger partial charge in [0.05, 0.1) is 17.7 Å². The summed E-state index contributed by atoms with van der Waals surface area (Å²) in [5.41, 5.74) is 10.7. The third-order valence-corrected chi connectivity index (χ3v) is 16.2. The van der Waals surface area contributed by atoms with Gasteiger partial charge in [-0.2, -0.15) is 5.26 Å². The number of rotatable bonds is 13. The van der Waals surface area contributed by atoms with Crippen LogP contribution in [0.4, 0.5) is 11.4 Å². The smallest absolute Gasteiger partial charge is 0.264 e. The maximum Gasteiger partial charge on any atom is 0.264 e. The topological polar surface area (TPSA) is 134 Å². The molecule has 0 saturated carbocycles. The summed E-state index contributed by atoms with van der Waals surface area (Å²) in [7, 11) is 5.90. The molecule has 0 spiro atoms. The van der Waals surface area contributed by atoms with Crippen LogP contribution in [0.5, 0.6) is 11.5 Å². The van der Waals surface area contributed by atoms with E-state index in [4.69, 9.17) is 4.74 Å². The Labute approximate surface area is 435 Å². The summed E-state index contributed by atoms with van der Waals surface area (Å²) in [5, 5.41) is 20.3. The predicted octanol–water partition coefficient (Wildman–Crippen LogP) is 8.01. The number of fused-ring (bicyclic) bond motifs is 2. The maximum atomic E-state index is 15.8. The zero-order valence-electron chi connectivity index (χ0n) is 43.6. The Morgan fingerprint density at radius 3 is 2.18 bits per heavy atom. The van der Waals surface area contributed by atoms with Crippen LogP contribution in [-0.4, -0.2) is 135 Å². The number of phenols is 1. The number of likely N-dealkylation sites (N-methyl/N-ethyl adjacent to an activating group) is 1. The summed E-state index contributed by atoms with van der Waals surface area (Å²) in [6.45, 7) is 13.8. The number of carbonyl (C=O) groups excluding carboxylic acids is 3. The summed E-state index contributed by atoms with van der Waals surface area (Å²) in [6.07, 6.45) is 5.15. The Morgan fingerprint density at radius 1 is 0.730 bits per heavy atom.